The number of thiophene rings is 1. The summed E-state index contributed by atoms with van der Waals surface area (Å²) in [6.45, 7) is 3.51. The van der Waals surface area contributed by atoms with E-state index in [1.54, 1.807) is 36.9 Å². The highest BCUT2D eigenvalue weighted by Crippen LogP contribution is 2.33. The topological polar surface area (TPSA) is 113 Å². The third kappa shape index (κ3) is 6.09. The number of para-hydroxylation sites is 1. The number of amides is 2. The van der Waals surface area contributed by atoms with Gasteiger partial charge in [0.15, 0.2) is 0 Å². The average Bonchev–Trinajstić information content (AvgIpc) is 3.53. The number of nitrogens with one attached hydrogen (secondary N) is 2. The van der Waals surface area contributed by atoms with Crippen molar-refractivity contribution in [2.24, 2.45) is 5.92 Å². The molecule has 0 aliphatic rings. The summed E-state index contributed by atoms with van der Waals surface area (Å²) in [6.07, 6.45) is 2.08. The van der Waals surface area contributed by atoms with Gasteiger partial charge in [-0.1, -0.05) is 50.1 Å². The smallest absolute Gasteiger partial charge is 0.326 e. The van der Waals surface area contributed by atoms with Crippen molar-refractivity contribution in [3.8, 4) is 16.3 Å². The number of aromatic nitrogens is 2. The van der Waals surface area contributed by atoms with E-state index in [0.717, 1.165) is 17.8 Å². The van der Waals surface area contributed by atoms with Crippen LogP contribution in [0.15, 0.2) is 66.9 Å². The van der Waals surface area contributed by atoms with Crippen LogP contribution < -0.4 is 10.6 Å². The Balaban J connectivity index is 1.63. The molecule has 1 unspecified atom stereocenters. The molecule has 2 amide bonds. The highest BCUT2D eigenvalue weighted by atomic mass is 35.5. The van der Waals surface area contributed by atoms with Crippen molar-refractivity contribution in [2.45, 2.75) is 26.3 Å². The Labute approximate surface area is 227 Å². The van der Waals surface area contributed by atoms with Crippen molar-refractivity contribution >= 4 is 46.4 Å². The highest BCUT2D eigenvalue weighted by Gasteiger charge is 2.26. The van der Waals surface area contributed by atoms with Gasteiger partial charge >= 0.3 is 5.97 Å². The Bertz CT molecular complexity index is 1490. The molecule has 0 aliphatic heterocycles. The van der Waals surface area contributed by atoms with Gasteiger partial charge in [0.2, 0.25) is 0 Å². The van der Waals surface area contributed by atoms with Crippen LogP contribution >= 0.6 is 22.9 Å². The van der Waals surface area contributed by atoms with Crippen molar-refractivity contribution < 1.29 is 23.9 Å². The fourth-order valence-electron chi connectivity index (χ4n) is 3.78. The van der Waals surface area contributed by atoms with E-state index >= 15 is 0 Å². The van der Waals surface area contributed by atoms with Crippen molar-refractivity contribution in [1.29, 1.82) is 0 Å². The van der Waals surface area contributed by atoms with Gasteiger partial charge in [-0.25, -0.2) is 13.9 Å². The monoisotopic (exact) mass is 554 g/mol. The third-order valence-corrected chi connectivity index (χ3v) is 7.21. The summed E-state index contributed by atoms with van der Waals surface area (Å²) in [7, 11) is 0. The normalized spacial score (nSPS) is 12.5. The van der Waals surface area contributed by atoms with Gasteiger partial charge in [0.05, 0.1) is 20.5 Å². The van der Waals surface area contributed by atoms with E-state index in [1.165, 1.54) is 17.4 Å². The highest BCUT2D eigenvalue weighted by molar-refractivity contribution is 7.19. The molecule has 2 atom stereocenters. The minimum Gasteiger partial charge on any atom is -0.480 e. The first-order valence-electron chi connectivity index (χ1n) is 11.7. The van der Waals surface area contributed by atoms with Crippen molar-refractivity contribution in [1.82, 2.24) is 15.1 Å². The summed E-state index contributed by atoms with van der Waals surface area (Å²) in [5, 5.41) is 19.1. The molecule has 0 saturated carbocycles. The van der Waals surface area contributed by atoms with Gasteiger partial charge in [0, 0.05) is 17.4 Å². The third-order valence-electron chi connectivity index (χ3n) is 5.97. The molecule has 0 bridgehead atoms. The van der Waals surface area contributed by atoms with E-state index < -0.39 is 29.6 Å². The molecule has 8 nitrogen and oxygen atoms in total. The van der Waals surface area contributed by atoms with Crippen LogP contribution in [0.1, 0.15) is 41.0 Å². The molecule has 2 aromatic carbocycles. The molecule has 11 heteroatoms. The predicted octanol–water partition coefficient (Wildman–Crippen LogP) is 5.87. The lowest BCUT2D eigenvalue weighted by molar-refractivity contribution is -0.140. The zero-order valence-electron chi connectivity index (χ0n) is 20.4. The lowest BCUT2D eigenvalue weighted by atomic mass is 9.99. The maximum absolute atomic E-state index is 14.5. The van der Waals surface area contributed by atoms with E-state index in [0.29, 0.717) is 21.3 Å². The molecular weight excluding hydrogens is 531 g/mol. The Morgan fingerprint density at radius 1 is 1.11 bits per heavy atom. The second-order valence-corrected chi connectivity index (χ2v) is 10.3. The first-order chi connectivity index (χ1) is 18.2. The summed E-state index contributed by atoms with van der Waals surface area (Å²) in [5.74, 6) is -3.64. The zero-order valence-corrected chi connectivity index (χ0v) is 22.0. The van der Waals surface area contributed by atoms with Crippen LogP contribution in [0.4, 0.5) is 10.1 Å². The summed E-state index contributed by atoms with van der Waals surface area (Å²) >= 11 is 7.37. The molecule has 38 heavy (non-hydrogen) atoms. The predicted molar refractivity (Wildman–Crippen MR) is 145 cm³/mol. The van der Waals surface area contributed by atoms with Crippen molar-refractivity contribution in [3.63, 3.8) is 0 Å². The number of halogens is 2. The number of carboxylic acids is 1. The van der Waals surface area contributed by atoms with Crippen molar-refractivity contribution in [3.05, 3.63) is 88.1 Å². The van der Waals surface area contributed by atoms with Gasteiger partial charge in [-0.15, -0.1) is 11.3 Å². The SMILES string of the molecule is CCC(C)[C@H](NC(=O)c1cc(F)cc(NC(=O)c2cn(-c3ccccc3)nc2-c2ccc(Cl)s2)c1)C(=O)O. The molecular formula is C27H24ClFN4O4S. The quantitative estimate of drug-likeness (QED) is 0.239. The Hall–Kier alpha value is -4.02. The molecule has 3 N–H and O–H groups in total. The van der Waals surface area contributed by atoms with Gasteiger partial charge in [-0.3, -0.25) is 9.59 Å². The van der Waals surface area contributed by atoms with E-state index in [2.05, 4.69) is 15.7 Å². The van der Waals surface area contributed by atoms with Crippen molar-refractivity contribution in [2.75, 3.05) is 5.32 Å². The number of hydrogen-bond acceptors (Lipinski definition) is 5. The summed E-state index contributed by atoms with van der Waals surface area (Å²) in [5.41, 5.74) is 1.23. The largest absolute Gasteiger partial charge is 0.480 e. The van der Waals surface area contributed by atoms with Crippen LogP contribution in [0.3, 0.4) is 0 Å². The molecule has 2 heterocycles. The standard InChI is InChI=1S/C27H24ClFN4O4S/c1-3-15(2)23(27(36)37)31-25(34)16-11-17(29)13-18(12-16)30-26(35)20-14-33(19-7-5-4-6-8-19)32-24(20)21-9-10-22(28)38-21/h4-15,23H,3H2,1-2H3,(H,30,35)(H,31,34)(H,36,37)/t15?,23-/m0/s1. The molecule has 4 rings (SSSR count). The molecule has 0 radical (unpaired) electrons. The molecule has 0 aliphatic carbocycles. The van der Waals surface area contributed by atoms with E-state index in [4.69, 9.17) is 11.6 Å². The van der Waals surface area contributed by atoms with E-state index in [1.807, 2.05) is 30.3 Å². The Kier molecular flexibility index (Phi) is 8.23. The Morgan fingerprint density at radius 3 is 2.47 bits per heavy atom. The number of aliphatic carboxylic acids is 1. The van der Waals surface area contributed by atoms with Gasteiger partial charge in [0.1, 0.15) is 17.6 Å². The summed E-state index contributed by atoms with van der Waals surface area (Å²) < 4.78 is 16.5. The number of carbonyl (C=O) groups excluding carboxylic acids is 2. The second kappa shape index (κ2) is 11.6. The molecule has 4 aromatic rings. The first kappa shape index (κ1) is 27.0. The number of anilines is 1. The summed E-state index contributed by atoms with van der Waals surface area (Å²) in [4.78, 5) is 38.4. The maximum Gasteiger partial charge on any atom is 0.326 e. The summed E-state index contributed by atoms with van der Waals surface area (Å²) in [6, 6.07) is 14.9. The van der Waals surface area contributed by atoms with Gasteiger partial charge in [0.25, 0.3) is 11.8 Å². The number of nitrogens with zero attached hydrogens (tertiary/aromatic N) is 2. The van der Waals surface area contributed by atoms with Gasteiger partial charge in [-0.2, -0.15) is 5.10 Å². The fraction of sp³-hybridized carbons (Fsp3) is 0.185. The second-order valence-electron chi connectivity index (χ2n) is 8.63. The number of hydrogen-bond donors (Lipinski definition) is 3. The molecule has 2 aromatic heterocycles. The van der Waals surface area contributed by atoms with Gasteiger partial charge in [-0.05, 0) is 48.4 Å². The van der Waals surface area contributed by atoms with E-state index in [9.17, 15) is 23.9 Å². The molecule has 0 saturated heterocycles. The average molecular weight is 555 g/mol. The molecule has 0 spiro atoms. The maximum atomic E-state index is 14.5. The zero-order chi connectivity index (χ0) is 27.4. The Morgan fingerprint density at radius 2 is 1.84 bits per heavy atom. The number of carbonyl (C=O) groups is 3. The number of rotatable bonds is 9. The van der Waals surface area contributed by atoms with Crippen LogP contribution in [-0.4, -0.2) is 38.7 Å². The van der Waals surface area contributed by atoms with Gasteiger partial charge < -0.3 is 15.7 Å². The van der Waals surface area contributed by atoms with E-state index in [-0.39, 0.29) is 22.7 Å². The number of carboxylic acid groups (broad SMARTS) is 1. The lowest BCUT2D eigenvalue weighted by Gasteiger charge is -2.20. The number of benzene rings is 2. The molecule has 196 valence electrons. The van der Waals surface area contributed by atoms with Crippen LogP contribution in [0.2, 0.25) is 4.34 Å². The first-order valence-corrected chi connectivity index (χ1v) is 12.9. The fourth-order valence-corrected chi connectivity index (χ4v) is 4.82. The van der Waals surface area contributed by atoms with Crippen LogP contribution in [0, 0.1) is 11.7 Å². The lowest BCUT2D eigenvalue weighted by Crippen LogP contribution is -2.45. The van der Waals surface area contributed by atoms with Crippen LogP contribution in [0.25, 0.3) is 16.3 Å². The molecule has 0 fully saturated rings. The van der Waals surface area contributed by atoms with Crippen LogP contribution in [0.5, 0.6) is 0 Å². The minimum absolute atomic E-state index is 0.0261. The van der Waals surface area contributed by atoms with Crippen LogP contribution in [-0.2, 0) is 4.79 Å². The minimum atomic E-state index is -1.19.